The third-order valence-corrected chi connectivity index (χ3v) is 9.07. The molecular formula is C40H44N4O4. The smallest absolute Gasteiger partial charge is 0.0712 e. The molecule has 6 aromatic rings. The van der Waals surface area contributed by atoms with Crippen molar-refractivity contribution in [2.24, 2.45) is 0 Å². The molecule has 0 amide bonds. The first-order valence-electron chi connectivity index (χ1n) is 17.1. The van der Waals surface area contributed by atoms with Crippen LogP contribution in [0.2, 0.25) is 0 Å². The molecule has 0 radical (unpaired) electrons. The van der Waals surface area contributed by atoms with Gasteiger partial charge >= 0.3 is 0 Å². The van der Waals surface area contributed by atoms with Crippen molar-refractivity contribution < 1.29 is 18.9 Å². The maximum Gasteiger partial charge on any atom is 0.0712 e. The molecular weight excluding hydrogens is 600 g/mol. The predicted octanol–water partition coefficient (Wildman–Crippen LogP) is 6.47. The number of nitrogens with zero attached hydrogens (tertiary/aromatic N) is 4. The summed E-state index contributed by atoms with van der Waals surface area (Å²) in [4.78, 5) is 14.9. The molecule has 3 heterocycles. The van der Waals surface area contributed by atoms with Crippen LogP contribution in [-0.2, 0) is 32.0 Å². The molecule has 0 N–H and O–H groups in total. The number of fused-ring (bicyclic) bond motifs is 6. The van der Waals surface area contributed by atoms with Gasteiger partial charge in [-0.1, -0.05) is 84.9 Å². The van der Waals surface area contributed by atoms with E-state index in [1.54, 1.807) is 0 Å². The predicted molar refractivity (Wildman–Crippen MR) is 192 cm³/mol. The maximum atomic E-state index is 6.04. The topological polar surface area (TPSA) is 69.2 Å². The minimum absolute atomic E-state index is 0.557. The van der Waals surface area contributed by atoms with Crippen LogP contribution in [0, 0.1) is 0 Å². The van der Waals surface area contributed by atoms with E-state index in [-0.39, 0.29) is 0 Å². The van der Waals surface area contributed by atoms with Crippen LogP contribution in [0.3, 0.4) is 0 Å². The van der Waals surface area contributed by atoms with Crippen molar-refractivity contribution in [3.63, 3.8) is 0 Å². The van der Waals surface area contributed by atoms with Gasteiger partial charge in [-0.2, -0.15) is 0 Å². The number of aromatic nitrogens is 2. The van der Waals surface area contributed by atoms with E-state index in [9.17, 15) is 0 Å². The molecule has 1 saturated heterocycles. The lowest BCUT2D eigenvalue weighted by Gasteiger charge is -2.24. The summed E-state index contributed by atoms with van der Waals surface area (Å²) in [6.07, 6.45) is 0. The zero-order valence-corrected chi connectivity index (χ0v) is 27.6. The highest BCUT2D eigenvalue weighted by Gasteiger charge is 2.15. The van der Waals surface area contributed by atoms with Gasteiger partial charge in [-0.05, 0) is 22.9 Å². The number of hydrogen-bond acceptors (Lipinski definition) is 8. The molecule has 1 aliphatic heterocycles. The summed E-state index contributed by atoms with van der Waals surface area (Å²) in [7, 11) is 0. The van der Waals surface area contributed by atoms with E-state index in [1.807, 2.05) is 0 Å². The van der Waals surface area contributed by atoms with Gasteiger partial charge in [0.15, 0.2) is 0 Å². The van der Waals surface area contributed by atoms with Crippen molar-refractivity contribution in [3.8, 4) is 0 Å². The van der Waals surface area contributed by atoms with E-state index < -0.39 is 0 Å². The molecule has 2 aromatic heterocycles. The van der Waals surface area contributed by atoms with Gasteiger partial charge in [-0.25, -0.2) is 0 Å². The van der Waals surface area contributed by atoms with Gasteiger partial charge in [-0.15, -0.1) is 0 Å². The van der Waals surface area contributed by atoms with Crippen molar-refractivity contribution in [2.45, 2.75) is 13.1 Å². The van der Waals surface area contributed by atoms with E-state index in [0.717, 1.165) is 61.7 Å². The zero-order chi connectivity index (χ0) is 32.4. The quantitative estimate of drug-likeness (QED) is 0.202. The van der Waals surface area contributed by atoms with Crippen molar-refractivity contribution in [3.05, 3.63) is 108 Å². The second-order valence-electron chi connectivity index (χ2n) is 12.2. The molecule has 0 aliphatic carbocycles. The van der Waals surface area contributed by atoms with E-state index in [0.29, 0.717) is 52.9 Å². The molecule has 248 valence electrons. The van der Waals surface area contributed by atoms with Gasteiger partial charge in [0.1, 0.15) is 0 Å². The lowest BCUT2D eigenvalue weighted by Crippen LogP contribution is -2.33. The Balaban J connectivity index is 0.972. The number of rotatable bonds is 4. The minimum atomic E-state index is 0.557. The van der Waals surface area contributed by atoms with E-state index >= 15 is 0 Å². The summed E-state index contributed by atoms with van der Waals surface area (Å²) in [5.74, 6) is 0. The average Bonchev–Trinajstić information content (AvgIpc) is 3.13. The maximum absolute atomic E-state index is 6.04. The van der Waals surface area contributed by atoms with Gasteiger partial charge in [0, 0.05) is 60.8 Å². The van der Waals surface area contributed by atoms with Crippen molar-refractivity contribution in [1.82, 2.24) is 19.8 Å². The Kier molecular flexibility index (Phi) is 11.1. The lowest BCUT2D eigenvalue weighted by molar-refractivity contribution is 0.00610. The highest BCUT2D eigenvalue weighted by atomic mass is 16.5. The molecule has 0 unspecified atom stereocenters. The number of pyridine rings is 2. The summed E-state index contributed by atoms with van der Waals surface area (Å²) in [5, 5.41) is 7.23. The minimum Gasteiger partial charge on any atom is -0.378 e. The lowest BCUT2D eigenvalue weighted by atomic mass is 10.0. The molecule has 1 aliphatic rings. The van der Waals surface area contributed by atoms with Crippen molar-refractivity contribution in [1.29, 1.82) is 0 Å². The van der Waals surface area contributed by atoms with Gasteiger partial charge < -0.3 is 18.9 Å². The third kappa shape index (κ3) is 7.98. The highest BCUT2D eigenvalue weighted by Crippen LogP contribution is 2.28. The van der Waals surface area contributed by atoms with Crippen LogP contribution < -0.4 is 0 Å². The second-order valence-corrected chi connectivity index (χ2v) is 12.2. The fourth-order valence-corrected chi connectivity index (χ4v) is 6.57. The largest absolute Gasteiger partial charge is 0.378 e. The fraction of sp³-hybridized carbons (Fsp3) is 0.350. The molecule has 8 heteroatoms. The average molecular weight is 645 g/mol. The Hall–Kier alpha value is -4.02. The first kappa shape index (κ1) is 32.5. The molecule has 0 saturated carbocycles. The van der Waals surface area contributed by atoms with Crippen LogP contribution in [0.15, 0.2) is 97.1 Å². The molecule has 0 bridgehead atoms. The summed E-state index contributed by atoms with van der Waals surface area (Å²) < 4.78 is 24.2. The Labute approximate surface area is 282 Å². The molecule has 4 aromatic carbocycles. The SMILES string of the molecule is c1ccc2c(c1)nc(CN1CCOCCOCCN(Cc3nc4ccccc4c4ccccc34)CCOCCOCC1)c1ccccc12. The van der Waals surface area contributed by atoms with Gasteiger partial charge in [-0.3, -0.25) is 19.8 Å². The van der Waals surface area contributed by atoms with Gasteiger partial charge in [0.25, 0.3) is 0 Å². The van der Waals surface area contributed by atoms with E-state index in [4.69, 9.17) is 28.9 Å². The Morgan fingerprint density at radius 2 is 0.688 bits per heavy atom. The van der Waals surface area contributed by atoms with Gasteiger partial charge in [0.2, 0.25) is 0 Å². The standard InChI is InChI=1S/C40H44N4O4/c1-3-13-35-31(9-1)33-11-5-7-15-37(33)41-39(35)29-43-17-21-45-25-27-47-23-19-44(20-24-48-28-26-46-22-18-43)30-40-36-14-4-2-10-32(36)34-12-6-8-16-38(34)42-40/h1-16H,17-30H2. The first-order chi connectivity index (χ1) is 23.8. The monoisotopic (exact) mass is 644 g/mol. The molecule has 8 nitrogen and oxygen atoms in total. The van der Waals surface area contributed by atoms with Crippen LogP contribution in [0.1, 0.15) is 11.4 Å². The molecule has 0 spiro atoms. The Morgan fingerprint density at radius 1 is 0.375 bits per heavy atom. The first-order valence-corrected chi connectivity index (χ1v) is 17.1. The van der Waals surface area contributed by atoms with E-state index in [2.05, 4.69) is 107 Å². The highest BCUT2D eigenvalue weighted by molar-refractivity contribution is 6.07. The number of hydrogen-bond donors (Lipinski definition) is 0. The zero-order valence-electron chi connectivity index (χ0n) is 27.6. The van der Waals surface area contributed by atoms with Crippen molar-refractivity contribution in [2.75, 3.05) is 79.0 Å². The summed E-state index contributed by atoms with van der Waals surface area (Å²) in [5.41, 5.74) is 4.20. The van der Waals surface area contributed by atoms with Crippen molar-refractivity contribution >= 4 is 43.4 Å². The number of para-hydroxylation sites is 2. The molecule has 7 rings (SSSR count). The van der Waals surface area contributed by atoms with Crippen LogP contribution in [0.25, 0.3) is 43.4 Å². The Morgan fingerprint density at radius 3 is 1.06 bits per heavy atom. The second kappa shape index (κ2) is 16.4. The summed E-state index contributed by atoms with van der Waals surface area (Å²) >= 11 is 0. The number of benzene rings is 4. The van der Waals surface area contributed by atoms with Crippen LogP contribution in [0.4, 0.5) is 0 Å². The number of ether oxygens (including phenoxy) is 4. The molecule has 1 fully saturated rings. The van der Waals surface area contributed by atoms with Crippen LogP contribution in [0.5, 0.6) is 0 Å². The normalized spacial score (nSPS) is 17.5. The molecule has 0 atom stereocenters. The summed E-state index contributed by atoms with van der Waals surface area (Å²) in [6.45, 7) is 9.26. The summed E-state index contributed by atoms with van der Waals surface area (Å²) in [6, 6.07) is 33.9. The van der Waals surface area contributed by atoms with E-state index in [1.165, 1.54) is 32.3 Å². The van der Waals surface area contributed by atoms with Crippen LogP contribution >= 0.6 is 0 Å². The third-order valence-electron chi connectivity index (χ3n) is 9.07. The molecule has 48 heavy (non-hydrogen) atoms. The Bertz CT molecular complexity index is 1790. The fourth-order valence-electron chi connectivity index (χ4n) is 6.57. The van der Waals surface area contributed by atoms with Crippen LogP contribution in [-0.4, -0.2) is 98.8 Å². The van der Waals surface area contributed by atoms with Gasteiger partial charge in [0.05, 0.1) is 75.3 Å².